The fraction of sp³-hybridized carbons (Fsp3) is 0.286. The second-order valence-electron chi connectivity index (χ2n) is 4.59. The molecule has 6 heteroatoms. The van der Waals surface area contributed by atoms with Gasteiger partial charge in [-0.2, -0.15) is 11.3 Å². The fourth-order valence-electron chi connectivity index (χ4n) is 1.78. The van der Waals surface area contributed by atoms with E-state index in [1.165, 1.54) is 4.31 Å². The van der Waals surface area contributed by atoms with Crippen LogP contribution < -0.4 is 0 Å². The van der Waals surface area contributed by atoms with Gasteiger partial charge < -0.3 is 0 Å². The molecular weight excluding hydrogens is 314 g/mol. The Kier molecular flexibility index (Phi) is 5.21. The number of hydrogen-bond acceptors (Lipinski definition) is 3. The molecule has 0 fully saturated rings. The molecule has 1 aromatic heterocycles. The summed E-state index contributed by atoms with van der Waals surface area (Å²) in [6.45, 7) is 0.408. The van der Waals surface area contributed by atoms with Crippen LogP contribution in [0.2, 0.25) is 0 Å². The van der Waals surface area contributed by atoms with Crippen molar-refractivity contribution in [2.24, 2.45) is 0 Å². The van der Waals surface area contributed by atoms with Crippen molar-refractivity contribution in [2.45, 2.75) is 18.2 Å². The monoisotopic (exact) mass is 329 g/mol. The van der Waals surface area contributed by atoms with Gasteiger partial charge in [0.25, 0.3) is 0 Å². The zero-order chi connectivity index (χ0) is 14.6. The van der Waals surface area contributed by atoms with E-state index in [0.717, 1.165) is 16.7 Å². The first-order valence-corrected chi connectivity index (χ1v) is 9.19. The minimum atomic E-state index is -3.30. The number of sulfonamides is 1. The van der Waals surface area contributed by atoms with Crippen LogP contribution in [-0.2, 0) is 28.2 Å². The van der Waals surface area contributed by atoms with E-state index in [9.17, 15) is 8.42 Å². The first-order chi connectivity index (χ1) is 9.51. The number of alkyl halides is 1. The van der Waals surface area contributed by atoms with Gasteiger partial charge in [0.05, 0.1) is 5.75 Å². The summed E-state index contributed by atoms with van der Waals surface area (Å²) in [6.07, 6.45) is 0. The summed E-state index contributed by atoms with van der Waals surface area (Å²) in [5.74, 6) is 0.446. The Balaban J connectivity index is 2.05. The Morgan fingerprint density at radius 3 is 2.30 bits per heavy atom. The van der Waals surface area contributed by atoms with E-state index in [2.05, 4.69) is 0 Å². The van der Waals surface area contributed by atoms with Crippen molar-refractivity contribution in [3.63, 3.8) is 0 Å². The summed E-state index contributed by atoms with van der Waals surface area (Å²) >= 11 is 7.28. The number of benzene rings is 1. The smallest absolute Gasteiger partial charge is 0.212 e. The molecule has 1 heterocycles. The molecule has 0 aliphatic heterocycles. The van der Waals surface area contributed by atoms with Gasteiger partial charge in [-0.3, -0.25) is 0 Å². The highest BCUT2D eigenvalue weighted by molar-refractivity contribution is 7.88. The zero-order valence-electron chi connectivity index (χ0n) is 11.1. The average molecular weight is 330 g/mol. The molecule has 0 amide bonds. The lowest BCUT2D eigenvalue weighted by Gasteiger charge is -2.16. The molecule has 0 bridgehead atoms. The summed E-state index contributed by atoms with van der Waals surface area (Å²) in [7, 11) is -1.69. The molecule has 108 valence electrons. The van der Waals surface area contributed by atoms with Gasteiger partial charge in [-0.05, 0) is 33.5 Å². The minimum absolute atomic E-state index is 0.0101. The summed E-state index contributed by atoms with van der Waals surface area (Å²) in [4.78, 5) is 0. The van der Waals surface area contributed by atoms with Crippen molar-refractivity contribution >= 4 is 33.0 Å². The molecule has 0 saturated carbocycles. The van der Waals surface area contributed by atoms with Crippen LogP contribution in [0.15, 0.2) is 41.1 Å². The van der Waals surface area contributed by atoms with E-state index in [0.29, 0.717) is 12.4 Å². The zero-order valence-corrected chi connectivity index (χ0v) is 13.5. The maximum Gasteiger partial charge on any atom is 0.218 e. The van der Waals surface area contributed by atoms with Gasteiger partial charge in [-0.1, -0.05) is 24.3 Å². The Morgan fingerprint density at radius 1 is 1.10 bits per heavy atom. The molecule has 0 radical (unpaired) electrons. The van der Waals surface area contributed by atoms with Crippen LogP contribution in [0.3, 0.4) is 0 Å². The molecule has 0 saturated heterocycles. The van der Waals surface area contributed by atoms with Gasteiger partial charge in [0.1, 0.15) is 0 Å². The summed E-state index contributed by atoms with van der Waals surface area (Å²) < 4.78 is 26.0. The number of halogens is 1. The average Bonchev–Trinajstić information content (AvgIpc) is 2.92. The summed E-state index contributed by atoms with van der Waals surface area (Å²) in [6, 6.07) is 9.28. The van der Waals surface area contributed by atoms with Crippen molar-refractivity contribution in [3.8, 4) is 0 Å². The maximum absolute atomic E-state index is 12.3. The molecular formula is C14H16ClNO2S2. The van der Waals surface area contributed by atoms with E-state index in [1.807, 2.05) is 41.1 Å². The lowest BCUT2D eigenvalue weighted by Crippen LogP contribution is -2.27. The second kappa shape index (κ2) is 6.72. The van der Waals surface area contributed by atoms with E-state index >= 15 is 0 Å². The van der Waals surface area contributed by atoms with Gasteiger partial charge in [-0.15, -0.1) is 11.6 Å². The van der Waals surface area contributed by atoms with Crippen molar-refractivity contribution < 1.29 is 8.42 Å². The van der Waals surface area contributed by atoms with E-state index in [1.54, 1.807) is 18.4 Å². The number of nitrogens with zero attached hydrogens (tertiary/aromatic N) is 1. The third-order valence-corrected chi connectivity index (χ3v) is 5.80. The van der Waals surface area contributed by atoms with Crippen LogP contribution in [0.5, 0.6) is 0 Å². The van der Waals surface area contributed by atoms with Crippen LogP contribution in [0.25, 0.3) is 0 Å². The van der Waals surface area contributed by atoms with Crippen LogP contribution in [-0.4, -0.2) is 19.8 Å². The molecule has 2 rings (SSSR count). The molecule has 0 unspecified atom stereocenters. The Morgan fingerprint density at radius 2 is 1.75 bits per heavy atom. The minimum Gasteiger partial charge on any atom is -0.212 e. The molecule has 20 heavy (non-hydrogen) atoms. The molecule has 0 aliphatic rings. The topological polar surface area (TPSA) is 37.4 Å². The van der Waals surface area contributed by atoms with Gasteiger partial charge in [-0.25, -0.2) is 12.7 Å². The highest BCUT2D eigenvalue weighted by Gasteiger charge is 2.18. The highest BCUT2D eigenvalue weighted by atomic mass is 35.5. The maximum atomic E-state index is 12.3. The van der Waals surface area contributed by atoms with Gasteiger partial charge in [0.2, 0.25) is 10.0 Å². The highest BCUT2D eigenvalue weighted by Crippen LogP contribution is 2.15. The number of hydrogen-bond donors (Lipinski definition) is 0. The molecule has 0 aliphatic carbocycles. The van der Waals surface area contributed by atoms with Crippen LogP contribution in [0.1, 0.15) is 16.7 Å². The van der Waals surface area contributed by atoms with Crippen molar-refractivity contribution in [3.05, 3.63) is 57.8 Å². The van der Waals surface area contributed by atoms with Crippen molar-refractivity contribution in [1.29, 1.82) is 0 Å². The Hall–Kier alpha value is -0.880. The predicted octanol–water partition coefficient (Wildman–Crippen LogP) is 3.45. The molecule has 0 N–H and O–H groups in total. The molecule has 0 spiro atoms. The third-order valence-electron chi connectivity index (χ3n) is 2.99. The molecule has 1 aromatic carbocycles. The summed E-state index contributed by atoms with van der Waals surface area (Å²) in [5.41, 5.74) is 2.77. The first kappa shape index (κ1) is 15.5. The Labute approximate surface area is 128 Å². The fourth-order valence-corrected chi connectivity index (χ4v) is 3.80. The lowest BCUT2D eigenvalue weighted by molar-refractivity contribution is 0.466. The van der Waals surface area contributed by atoms with Crippen LogP contribution >= 0.6 is 22.9 Å². The molecule has 2 aromatic rings. The van der Waals surface area contributed by atoms with E-state index in [-0.39, 0.29) is 5.75 Å². The number of rotatable bonds is 6. The largest absolute Gasteiger partial charge is 0.218 e. The third kappa shape index (κ3) is 4.06. The quantitative estimate of drug-likeness (QED) is 0.761. The van der Waals surface area contributed by atoms with Crippen LogP contribution in [0.4, 0.5) is 0 Å². The summed E-state index contributed by atoms with van der Waals surface area (Å²) in [5, 5.41) is 3.90. The van der Waals surface area contributed by atoms with Crippen molar-refractivity contribution in [1.82, 2.24) is 4.31 Å². The molecule has 0 atom stereocenters. The van der Waals surface area contributed by atoms with Gasteiger partial charge >= 0.3 is 0 Å². The number of thiophene rings is 1. The first-order valence-electron chi connectivity index (χ1n) is 6.10. The standard InChI is InChI=1S/C14H16ClNO2S2/c1-16(9-14-6-7-19-10-14)20(17,18)11-13-4-2-12(8-15)3-5-13/h2-7,10H,8-9,11H2,1H3. The Bertz CT molecular complexity index is 636. The normalized spacial score (nSPS) is 11.9. The van der Waals surface area contributed by atoms with Gasteiger partial charge in [0.15, 0.2) is 0 Å². The van der Waals surface area contributed by atoms with E-state index < -0.39 is 10.0 Å². The SMILES string of the molecule is CN(Cc1ccsc1)S(=O)(=O)Cc1ccc(CCl)cc1. The second-order valence-corrected chi connectivity index (χ2v) is 7.72. The van der Waals surface area contributed by atoms with Crippen LogP contribution in [0, 0.1) is 0 Å². The lowest BCUT2D eigenvalue weighted by atomic mass is 10.2. The van der Waals surface area contributed by atoms with Crippen molar-refractivity contribution in [2.75, 3.05) is 7.05 Å². The molecule has 3 nitrogen and oxygen atoms in total. The van der Waals surface area contributed by atoms with Gasteiger partial charge in [0, 0.05) is 19.5 Å². The predicted molar refractivity (Wildman–Crippen MR) is 84.4 cm³/mol. The van der Waals surface area contributed by atoms with E-state index in [4.69, 9.17) is 11.6 Å².